The molecule has 1 N–H and O–H groups in total. The van der Waals surface area contributed by atoms with Crippen molar-refractivity contribution in [2.45, 2.75) is 9.78 Å². The van der Waals surface area contributed by atoms with Crippen molar-refractivity contribution in [3.8, 4) is 0 Å². The van der Waals surface area contributed by atoms with Crippen LogP contribution in [0.2, 0.25) is 0 Å². The number of halogens is 2. The highest BCUT2D eigenvalue weighted by atomic mass is 79.9. The highest BCUT2D eigenvalue weighted by Gasteiger charge is 2.23. The zero-order valence-electron chi connectivity index (χ0n) is 7.52. The van der Waals surface area contributed by atoms with E-state index in [0.717, 1.165) is 5.41 Å². The molecule has 0 aromatic rings. The Balaban J connectivity index is 2.32. The molecule has 15 heavy (non-hydrogen) atoms. The number of nitrogens with one attached hydrogen (secondary N) is 1. The second-order valence-electron chi connectivity index (χ2n) is 2.90. The van der Waals surface area contributed by atoms with E-state index in [1.165, 1.54) is 6.08 Å². The second-order valence-corrected chi connectivity index (χ2v) is 8.27. The van der Waals surface area contributed by atoms with Crippen molar-refractivity contribution in [3.05, 3.63) is 11.5 Å². The molecule has 0 radical (unpaired) electrons. The van der Waals surface area contributed by atoms with Gasteiger partial charge in [-0.25, -0.2) is 13.2 Å². The van der Waals surface area contributed by atoms with E-state index in [1.54, 1.807) is 0 Å². The summed E-state index contributed by atoms with van der Waals surface area (Å²) in [7, 11) is -3.14. The number of alkyl carbamates (subject to hydrolysis) is 1. The Labute approximate surface area is 104 Å². The molecule has 0 saturated carbocycles. The highest BCUT2D eigenvalue weighted by Crippen LogP contribution is 2.09. The standard InChI is InChI=1S/C7H9Br2NO4S/c8-6(9)3-14-7(11)10-5-1-2-15(12,13)4-5/h1-2,5-6H,3-4H2,(H,10,11)/t5-/m0/s1. The third-order valence-electron chi connectivity index (χ3n) is 1.57. The van der Waals surface area contributed by atoms with Crippen molar-refractivity contribution < 1.29 is 17.9 Å². The molecule has 0 saturated heterocycles. The molecule has 86 valence electrons. The molecular weight excluding hydrogens is 354 g/mol. The summed E-state index contributed by atoms with van der Waals surface area (Å²) in [6, 6.07) is -0.494. The van der Waals surface area contributed by atoms with Gasteiger partial charge in [-0.3, -0.25) is 0 Å². The van der Waals surface area contributed by atoms with Gasteiger partial charge in [0, 0.05) is 5.41 Å². The molecule has 1 rings (SSSR count). The lowest BCUT2D eigenvalue weighted by Crippen LogP contribution is -2.36. The van der Waals surface area contributed by atoms with Gasteiger partial charge in [0.25, 0.3) is 0 Å². The average Bonchev–Trinajstić information content (AvgIpc) is 2.42. The van der Waals surface area contributed by atoms with E-state index in [9.17, 15) is 13.2 Å². The van der Waals surface area contributed by atoms with Gasteiger partial charge >= 0.3 is 6.09 Å². The fourth-order valence-electron chi connectivity index (χ4n) is 0.997. The largest absolute Gasteiger partial charge is 0.447 e. The first kappa shape index (κ1) is 13.0. The molecule has 5 nitrogen and oxygen atoms in total. The van der Waals surface area contributed by atoms with E-state index in [0.29, 0.717) is 0 Å². The first-order chi connectivity index (χ1) is 6.89. The molecule has 0 aromatic heterocycles. The van der Waals surface area contributed by atoms with Crippen LogP contribution in [0, 0.1) is 0 Å². The molecule has 0 aliphatic carbocycles. The van der Waals surface area contributed by atoms with E-state index >= 15 is 0 Å². The second kappa shape index (κ2) is 5.31. The maximum absolute atomic E-state index is 11.1. The molecule has 0 spiro atoms. The van der Waals surface area contributed by atoms with Crippen LogP contribution in [-0.4, -0.2) is 36.6 Å². The van der Waals surface area contributed by atoms with Crippen molar-refractivity contribution in [3.63, 3.8) is 0 Å². The van der Waals surface area contributed by atoms with Crippen LogP contribution in [0.4, 0.5) is 4.79 Å². The number of rotatable bonds is 3. The summed E-state index contributed by atoms with van der Waals surface area (Å²) < 4.78 is 26.6. The molecule has 1 aliphatic rings. The first-order valence-electron chi connectivity index (χ1n) is 4.01. The molecule has 1 heterocycles. The van der Waals surface area contributed by atoms with Crippen LogP contribution >= 0.6 is 31.9 Å². The number of carbonyl (C=O) groups is 1. The summed E-state index contributed by atoms with van der Waals surface area (Å²) in [4.78, 5) is 11.1. The molecule has 1 amide bonds. The summed E-state index contributed by atoms with van der Waals surface area (Å²) in [6.07, 6.45) is 0.793. The van der Waals surface area contributed by atoms with Gasteiger partial charge in [0.05, 0.1) is 11.8 Å². The lowest BCUT2D eigenvalue weighted by atomic mass is 10.3. The molecule has 0 fully saturated rings. The molecule has 0 bridgehead atoms. The zero-order valence-corrected chi connectivity index (χ0v) is 11.5. The average molecular weight is 363 g/mol. The van der Waals surface area contributed by atoms with E-state index in [-0.39, 0.29) is 16.1 Å². The van der Waals surface area contributed by atoms with Gasteiger partial charge in [-0.05, 0) is 6.08 Å². The van der Waals surface area contributed by atoms with Crippen LogP contribution in [-0.2, 0) is 14.6 Å². The minimum atomic E-state index is -3.14. The Bertz CT molecular complexity index is 365. The van der Waals surface area contributed by atoms with Crippen molar-refractivity contribution in [1.29, 1.82) is 0 Å². The minimum Gasteiger partial charge on any atom is -0.447 e. The predicted molar refractivity (Wildman–Crippen MR) is 62.8 cm³/mol. The molecule has 0 unspecified atom stereocenters. The van der Waals surface area contributed by atoms with Crippen LogP contribution < -0.4 is 5.32 Å². The van der Waals surface area contributed by atoms with Gasteiger partial charge in [-0.1, -0.05) is 31.9 Å². The summed E-state index contributed by atoms with van der Waals surface area (Å²) in [5.74, 6) is -0.103. The van der Waals surface area contributed by atoms with Gasteiger partial charge < -0.3 is 10.1 Å². The molecule has 1 aliphatic heterocycles. The normalized spacial score (nSPS) is 23.0. The summed E-state index contributed by atoms with van der Waals surface area (Å²) >= 11 is 6.27. The Morgan fingerprint density at radius 2 is 2.27 bits per heavy atom. The molecule has 8 heteroatoms. The Morgan fingerprint density at radius 3 is 2.73 bits per heavy atom. The van der Waals surface area contributed by atoms with Gasteiger partial charge in [0.15, 0.2) is 9.84 Å². The lowest BCUT2D eigenvalue weighted by molar-refractivity contribution is 0.151. The number of amides is 1. The lowest BCUT2D eigenvalue weighted by Gasteiger charge is -2.10. The van der Waals surface area contributed by atoms with E-state index in [2.05, 4.69) is 37.2 Å². The van der Waals surface area contributed by atoms with Crippen molar-refractivity contribution in [2.75, 3.05) is 12.4 Å². The van der Waals surface area contributed by atoms with Crippen LogP contribution in [0.1, 0.15) is 0 Å². The summed E-state index contributed by atoms with van der Waals surface area (Å²) in [5.41, 5.74) is 0. The van der Waals surface area contributed by atoms with Gasteiger partial charge in [-0.15, -0.1) is 0 Å². The number of ether oxygens (including phenoxy) is 1. The monoisotopic (exact) mass is 361 g/mol. The fraction of sp³-hybridized carbons (Fsp3) is 0.571. The highest BCUT2D eigenvalue weighted by molar-refractivity contribution is 9.24. The zero-order chi connectivity index (χ0) is 11.5. The Hall–Kier alpha value is -0.0800. The predicted octanol–water partition coefficient (Wildman–Crippen LogP) is 1.14. The van der Waals surface area contributed by atoms with E-state index in [1.807, 2.05) is 0 Å². The van der Waals surface area contributed by atoms with E-state index in [4.69, 9.17) is 4.74 Å². The van der Waals surface area contributed by atoms with Crippen LogP contribution in [0.25, 0.3) is 0 Å². The third-order valence-corrected chi connectivity index (χ3v) is 3.50. The number of sulfone groups is 1. The molecule has 1 atom stereocenters. The Morgan fingerprint density at radius 1 is 1.60 bits per heavy atom. The number of carbonyl (C=O) groups excluding carboxylic acids is 1. The number of hydrogen-bond acceptors (Lipinski definition) is 4. The van der Waals surface area contributed by atoms with Crippen molar-refractivity contribution >= 4 is 47.8 Å². The fourth-order valence-corrected chi connectivity index (χ4v) is 2.50. The Kier molecular flexibility index (Phi) is 4.60. The van der Waals surface area contributed by atoms with Crippen LogP contribution in [0.15, 0.2) is 11.5 Å². The smallest absolute Gasteiger partial charge is 0.407 e. The van der Waals surface area contributed by atoms with Crippen LogP contribution in [0.5, 0.6) is 0 Å². The molecular formula is C7H9Br2NO4S. The first-order valence-corrected chi connectivity index (χ1v) is 7.56. The summed E-state index contributed by atoms with van der Waals surface area (Å²) in [6.45, 7) is 0.162. The number of alkyl halides is 2. The SMILES string of the molecule is O=C(N[C@H]1C=CS(=O)(=O)C1)OCC(Br)Br. The van der Waals surface area contributed by atoms with Gasteiger partial charge in [-0.2, -0.15) is 0 Å². The van der Waals surface area contributed by atoms with E-state index < -0.39 is 22.0 Å². The summed E-state index contributed by atoms with van der Waals surface area (Å²) in [5, 5.41) is 3.51. The molecule has 0 aromatic carbocycles. The maximum Gasteiger partial charge on any atom is 0.407 e. The van der Waals surface area contributed by atoms with Crippen LogP contribution in [0.3, 0.4) is 0 Å². The third kappa shape index (κ3) is 4.98. The van der Waals surface area contributed by atoms with Crippen molar-refractivity contribution in [1.82, 2.24) is 5.32 Å². The quantitative estimate of drug-likeness (QED) is 0.764. The topological polar surface area (TPSA) is 72.5 Å². The maximum atomic E-state index is 11.1. The van der Waals surface area contributed by atoms with Crippen molar-refractivity contribution in [2.24, 2.45) is 0 Å². The number of hydrogen-bond donors (Lipinski definition) is 1. The van der Waals surface area contributed by atoms with Gasteiger partial charge in [0.2, 0.25) is 0 Å². The van der Waals surface area contributed by atoms with Gasteiger partial charge in [0.1, 0.15) is 10.3 Å². The minimum absolute atomic E-state index is 0.103.